The number of aliphatic hydroxyl groups excluding tert-OH is 4. The molecule has 0 aromatic heterocycles. The van der Waals surface area contributed by atoms with E-state index < -0.39 is 72.0 Å². The van der Waals surface area contributed by atoms with Gasteiger partial charge >= 0.3 is 0 Å². The molecular weight excluding hydrogens is 1310 g/mol. The number of aliphatic hydroxyl groups is 4. The molecule has 97 heavy (non-hydrogen) atoms. The van der Waals surface area contributed by atoms with Crippen LogP contribution >= 0.6 is 0 Å². The van der Waals surface area contributed by atoms with Crippen molar-refractivity contribution in [1.29, 1.82) is 5.26 Å². The van der Waals surface area contributed by atoms with Gasteiger partial charge in [-0.3, -0.25) is 9.08 Å². The second kappa shape index (κ2) is 49.3. The number of halogens is 1. The molecule has 8 aliphatic rings. The van der Waals surface area contributed by atoms with Crippen molar-refractivity contribution in [2.45, 2.75) is 354 Å². The van der Waals surface area contributed by atoms with E-state index in [2.05, 4.69) is 18.7 Å². The average Bonchev–Trinajstić information content (AvgIpc) is 0.766. The first-order chi connectivity index (χ1) is 46.0. The fraction of sp³-hybridized carbons (Fsp3) is 0.909. The highest BCUT2D eigenvalue weighted by atomic mass is 79.9. The number of nitrogens with zero attached hydrogens (tertiary/aromatic N) is 5. The van der Waals surface area contributed by atoms with Crippen molar-refractivity contribution in [3.05, 3.63) is 29.8 Å². The number of rotatable bonds is 44. The maximum Gasteiger partial charge on any atom is 0.297 e. The minimum atomic E-state index is -4.02. The molecule has 0 saturated carbocycles. The zero-order valence-electron chi connectivity index (χ0n) is 63.5. The maximum absolute atomic E-state index is 12.5. The lowest BCUT2D eigenvalue weighted by atomic mass is 9.95. The highest BCUT2D eigenvalue weighted by Crippen LogP contribution is 2.34. The van der Waals surface area contributed by atoms with Crippen molar-refractivity contribution in [1.82, 2.24) is 4.90 Å². The van der Waals surface area contributed by atoms with Crippen LogP contribution in [-0.2, 0) is 42.7 Å². The summed E-state index contributed by atoms with van der Waals surface area (Å²) in [5.41, 5.74) is 0.922. The third-order valence-electron chi connectivity index (χ3n) is 21.0. The number of aryl methyl sites for hydroxylation is 1. The number of ether oxygens (including phenoxy) is 6. The molecule has 18 nitrogen and oxygen atoms in total. The van der Waals surface area contributed by atoms with Crippen molar-refractivity contribution in [2.24, 2.45) is 0 Å². The van der Waals surface area contributed by atoms with E-state index in [1.165, 1.54) is 299 Å². The van der Waals surface area contributed by atoms with Gasteiger partial charge in [0.15, 0.2) is 12.6 Å². The standard InChI is InChI=1S/C34H68N2O5.C22H45N2.C19H30O8S.C2H3N.BrH/c1-6-7-8-9-10-11-12-13-14-15-16-17-18-19-20-35-21-24-36(25-22-35,26-23-35)27-30-33(39-28(2)3)31(37)32(38)34(41-30)40-29(4)5;1-2-3-4-5-6-7-8-9-10-11-12-13-14-15-19-24-20-16-23(17-21-24)18-22-24;1-11(2)25-18-15(27-19(26-12(3)4)17(21)16(18)20)10-24-28(22,23)14-8-6-13(5)7-9-14;1-2-3;/h28-34,37-38H,6-27H2,1-5H3;2-22H2,1H3;6-9,11-12,15-21H,10H2,1-5H3;1H3;1H/q+2;+1;;;/p-1. The van der Waals surface area contributed by atoms with Crippen molar-refractivity contribution in [2.75, 3.05) is 105 Å². The monoisotopic (exact) mass is 1460 g/mol. The molecule has 8 heterocycles. The first-order valence-electron chi connectivity index (χ1n) is 39.2. The first kappa shape index (κ1) is 89.8. The summed E-state index contributed by atoms with van der Waals surface area (Å²) in [5.74, 6) is 0. The van der Waals surface area contributed by atoms with Gasteiger partial charge in [-0.15, -0.1) is 0 Å². The Labute approximate surface area is 603 Å². The Morgan fingerprint density at radius 2 is 0.773 bits per heavy atom. The molecule has 4 N–H and O–H groups in total. The van der Waals surface area contributed by atoms with E-state index >= 15 is 0 Å². The molecular formula is C77H146BrN5O13S+2. The van der Waals surface area contributed by atoms with Gasteiger partial charge in [0.2, 0.25) is 0 Å². The molecule has 0 spiro atoms. The number of quaternary nitrogens is 3. The lowest BCUT2D eigenvalue weighted by Gasteiger charge is -2.57. The van der Waals surface area contributed by atoms with E-state index in [0.717, 1.165) is 16.6 Å². The van der Waals surface area contributed by atoms with Crippen LogP contribution in [0.1, 0.15) is 262 Å². The van der Waals surface area contributed by atoms with Crippen LogP contribution in [-0.4, -0.2) is 238 Å². The normalized spacial score (nSPS) is 29.1. The number of benzene rings is 1. The molecule has 8 aliphatic heterocycles. The Hall–Kier alpha value is -1.46. The number of piperazine rings is 6. The van der Waals surface area contributed by atoms with Gasteiger partial charge < -0.3 is 79.3 Å². The molecule has 1 aromatic carbocycles. The van der Waals surface area contributed by atoms with Crippen LogP contribution in [0.4, 0.5) is 0 Å². The van der Waals surface area contributed by atoms with Gasteiger partial charge in [-0.1, -0.05) is 186 Å². The summed E-state index contributed by atoms with van der Waals surface area (Å²) in [6, 6.07) is 8.00. The van der Waals surface area contributed by atoms with E-state index in [9.17, 15) is 28.8 Å². The summed E-state index contributed by atoms with van der Waals surface area (Å²) in [4.78, 5) is 2.68. The summed E-state index contributed by atoms with van der Waals surface area (Å²) < 4.78 is 69.1. The van der Waals surface area contributed by atoms with Crippen LogP contribution in [0.5, 0.6) is 0 Å². The van der Waals surface area contributed by atoms with Gasteiger partial charge in [-0.2, -0.15) is 13.7 Å². The predicted octanol–water partition coefficient (Wildman–Crippen LogP) is 10.3. The average molecular weight is 1460 g/mol. The molecule has 0 amide bonds. The molecule has 9 rings (SSSR count). The fourth-order valence-electron chi connectivity index (χ4n) is 15.0. The second-order valence-electron chi connectivity index (χ2n) is 30.7. The van der Waals surface area contributed by atoms with Crippen LogP contribution in [0.15, 0.2) is 29.2 Å². The number of unbranched alkanes of at least 4 members (excludes halogenated alkanes) is 26. The highest BCUT2D eigenvalue weighted by Gasteiger charge is 2.54. The van der Waals surface area contributed by atoms with Gasteiger partial charge in [0.1, 0.15) is 94.6 Å². The molecule has 568 valence electrons. The zero-order valence-corrected chi connectivity index (χ0v) is 65.9. The smallest absolute Gasteiger partial charge is 0.297 e. The molecule has 10 unspecified atom stereocenters. The van der Waals surface area contributed by atoms with Gasteiger partial charge in [0.05, 0.1) is 74.7 Å². The molecule has 20 heteroatoms. The van der Waals surface area contributed by atoms with Gasteiger partial charge in [0.25, 0.3) is 10.1 Å². The maximum atomic E-state index is 12.5. The lowest BCUT2D eigenvalue weighted by Crippen LogP contribution is -3.00. The van der Waals surface area contributed by atoms with E-state index in [1.807, 2.05) is 34.6 Å². The van der Waals surface area contributed by atoms with Crippen LogP contribution < -0.4 is 17.0 Å². The number of hydrogen-bond acceptors (Lipinski definition) is 15. The summed E-state index contributed by atoms with van der Waals surface area (Å²) in [7, 11) is -4.02. The van der Waals surface area contributed by atoms with Crippen molar-refractivity contribution in [3.8, 4) is 6.07 Å². The van der Waals surface area contributed by atoms with Crippen LogP contribution in [0.25, 0.3) is 0 Å². The third kappa shape index (κ3) is 33.9. The Bertz CT molecular complexity index is 2250. The Kier molecular flexibility index (Phi) is 45.6. The molecule has 4 bridgehead atoms. The van der Waals surface area contributed by atoms with Crippen LogP contribution in [0.2, 0.25) is 0 Å². The highest BCUT2D eigenvalue weighted by molar-refractivity contribution is 7.86. The molecule has 10 atom stereocenters. The summed E-state index contributed by atoms with van der Waals surface area (Å²) in [6.07, 6.45) is 30.3. The second-order valence-corrected chi connectivity index (χ2v) is 32.3. The predicted molar refractivity (Wildman–Crippen MR) is 386 cm³/mol. The quantitative estimate of drug-likeness (QED) is 0.0272. The molecule has 0 aliphatic carbocycles. The van der Waals surface area contributed by atoms with E-state index in [0.29, 0.717) is 0 Å². The topological polar surface area (TPSA) is 207 Å². The Morgan fingerprint density at radius 3 is 1.11 bits per heavy atom. The van der Waals surface area contributed by atoms with E-state index in [1.54, 1.807) is 45.9 Å². The largest absolute Gasteiger partial charge is 1.00 e. The summed E-state index contributed by atoms with van der Waals surface area (Å²) in [5, 5.41) is 49.8. The molecule has 0 radical (unpaired) electrons. The third-order valence-corrected chi connectivity index (χ3v) is 22.3. The number of hydrogen-bond donors (Lipinski definition) is 4. The molecule has 8 fully saturated rings. The minimum Gasteiger partial charge on any atom is -1.00 e. The zero-order chi connectivity index (χ0) is 70.4. The van der Waals surface area contributed by atoms with E-state index in [-0.39, 0.29) is 52.4 Å². The number of nitriles is 1. The first-order valence-corrected chi connectivity index (χ1v) is 40.6. The van der Waals surface area contributed by atoms with Gasteiger partial charge in [0, 0.05) is 26.6 Å². The Morgan fingerprint density at radius 1 is 0.474 bits per heavy atom. The lowest BCUT2D eigenvalue weighted by molar-refractivity contribution is -1.08. The fourth-order valence-corrected chi connectivity index (χ4v) is 16.0. The van der Waals surface area contributed by atoms with E-state index in [4.69, 9.17) is 37.9 Å². The van der Waals surface area contributed by atoms with Gasteiger partial charge in [-0.05, 0) is 100 Å². The van der Waals surface area contributed by atoms with Crippen molar-refractivity contribution in [3.63, 3.8) is 0 Å². The van der Waals surface area contributed by atoms with Crippen molar-refractivity contribution >= 4 is 10.1 Å². The van der Waals surface area contributed by atoms with Crippen LogP contribution in [0.3, 0.4) is 0 Å². The SMILES string of the molecule is CC#N.CCCCCCCCCCCCCCCC[N+]12CCN(CC1)CC2.CCCCCCCCCCCCCCCC[N+]12CC[N+](CC3OC(OC(C)C)C(O)C(O)C3OC(C)C)(CC1)CC2.Cc1ccc(S(=O)(=O)OCC2OC(OC(C)C)C(O)C(O)C2OC(C)C)cc1.[Br-]. The van der Waals surface area contributed by atoms with Gasteiger partial charge in [-0.25, -0.2) is 0 Å². The Balaban J connectivity index is 0.000000384. The molecule has 8 saturated heterocycles. The molecule has 1 aromatic rings. The van der Waals surface area contributed by atoms with Crippen molar-refractivity contribution < 1.29 is 91.9 Å². The summed E-state index contributed by atoms with van der Waals surface area (Å²) in [6.45, 7) is 41.7. The number of fused-ring (bicyclic) bond motifs is 6. The van der Waals surface area contributed by atoms with Crippen LogP contribution in [0, 0.1) is 18.3 Å². The minimum absolute atomic E-state index is 0. The summed E-state index contributed by atoms with van der Waals surface area (Å²) >= 11 is 0.